The van der Waals surface area contributed by atoms with Crippen LogP contribution in [0.2, 0.25) is 0 Å². The Bertz CT molecular complexity index is 1220. The lowest BCUT2D eigenvalue weighted by Gasteiger charge is -2.14. The van der Waals surface area contributed by atoms with Crippen LogP contribution in [0.1, 0.15) is 16.7 Å². The fraction of sp³-hybridized carbons (Fsp3) is 0.148. The second-order valence-corrected chi connectivity index (χ2v) is 9.52. The fourth-order valence-corrected chi connectivity index (χ4v) is 4.77. The molecule has 0 unspecified atom stereocenters. The molecule has 0 spiro atoms. The van der Waals surface area contributed by atoms with Gasteiger partial charge in [0.25, 0.3) is 11.8 Å². The van der Waals surface area contributed by atoms with Gasteiger partial charge in [-0.2, -0.15) is 0 Å². The van der Waals surface area contributed by atoms with E-state index in [1.807, 2.05) is 79.7 Å². The lowest BCUT2D eigenvalue weighted by atomic mass is 10.1. The second kappa shape index (κ2) is 11.1. The first kappa shape index (κ1) is 23.7. The van der Waals surface area contributed by atoms with Gasteiger partial charge >= 0.3 is 0 Å². The first-order valence-electron chi connectivity index (χ1n) is 10.9. The van der Waals surface area contributed by atoms with E-state index in [4.69, 9.17) is 17.0 Å². The predicted molar refractivity (Wildman–Crippen MR) is 142 cm³/mol. The molecule has 4 rings (SSSR count). The summed E-state index contributed by atoms with van der Waals surface area (Å²) in [7, 11) is 0. The number of amides is 2. The summed E-state index contributed by atoms with van der Waals surface area (Å²) in [6.45, 7) is 2.44. The van der Waals surface area contributed by atoms with Crippen molar-refractivity contribution in [2.75, 3.05) is 18.5 Å². The molecule has 5 nitrogen and oxygen atoms in total. The van der Waals surface area contributed by atoms with E-state index in [2.05, 4.69) is 5.32 Å². The van der Waals surface area contributed by atoms with Gasteiger partial charge in [0.2, 0.25) is 0 Å². The van der Waals surface area contributed by atoms with Crippen LogP contribution in [0, 0.1) is 6.92 Å². The minimum atomic E-state index is -0.228. The number of carbonyl (C=O) groups excluding carboxylic acids is 2. The van der Waals surface area contributed by atoms with E-state index in [0.29, 0.717) is 21.5 Å². The quantitative estimate of drug-likeness (QED) is 0.337. The summed E-state index contributed by atoms with van der Waals surface area (Å²) < 4.78 is 6.17. The molecule has 1 aliphatic heterocycles. The number of thiocarbonyl (C=S) groups is 1. The monoisotopic (exact) mass is 488 g/mol. The maximum absolute atomic E-state index is 12.8. The molecule has 3 aromatic carbocycles. The van der Waals surface area contributed by atoms with Crippen LogP contribution in [-0.4, -0.2) is 34.2 Å². The Hall–Kier alpha value is -3.42. The summed E-state index contributed by atoms with van der Waals surface area (Å²) >= 11 is 6.75. The molecule has 0 bridgehead atoms. The molecule has 1 N–H and O–H groups in total. The normalized spacial score (nSPS) is 14.5. The molecule has 1 heterocycles. The predicted octanol–water partition coefficient (Wildman–Crippen LogP) is 5.46. The highest BCUT2D eigenvalue weighted by Gasteiger charge is 2.31. The Morgan fingerprint density at radius 3 is 2.56 bits per heavy atom. The number of carbonyl (C=O) groups is 2. The lowest BCUT2D eigenvalue weighted by Crippen LogP contribution is -2.30. The van der Waals surface area contributed by atoms with Crippen molar-refractivity contribution in [2.45, 2.75) is 13.3 Å². The number of rotatable bonds is 8. The summed E-state index contributed by atoms with van der Waals surface area (Å²) in [5, 5.41) is 2.82. The SMILES string of the molecule is Cc1cccc(NC(=O)COc2ccc(/C=C3\SC(=S)N(CCc4ccccc4)C3=O)cc2)c1. The molecule has 3 aromatic rings. The first-order chi connectivity index (χ1) is 16.5. The summed E-state index contributed by atoms with van der Waals surface area (Å²) in [6, 6.07) is 24.9. The molecule has 0 saturated carbocycles. The number of nitrogens with zero attached hydrogens (tertiary/aromatic N) is 1. The number of ether oxygens (including phenoxy) is 1. The number of benzene rings is 3. The van der Waals surface area contributed by atoms with E-state index in [1.165, 1.54) is 17.3 Å². The summed E-state index contributed by atoms with van der Waals surface area (Å²) in [5.41, 5.74) is 3.84. The number of anilines is 1. The summed E-state index contributed by atoms with van der Waals surface area (Å²) in [5.74, 6) is 0.278. The molecule has 0 aromatic heterocycles. The van der Waals surface area contributed by atoms with Crippen molar-refractivity contribution >= 4 is 51.9 Å². The van der Waals surface area contributed by atoms with Crippen molar-refractivity contribution in [1.82, 2.24) is 4.90 Å². The van der Waals surface area contributed by atoms with Crippen LogP contribution in [0.4, 0.5) is 5.69 Å². The second-order valence-electron chi connectivity index (χ2n) is 7.84. The third-order valence-electron chi connectivity index (χ3n) is 5.19. The Morgan fingerprint density at radius 1 is 1.06 bits per heavy atom. The minimum absolute atomic E-state index is 0.0703. The number of hydrogen-bond acceptors (Lipinski definition) is 5. The third-order valence-corrected chi connectivity index (χ3v) is 6.57. The summed E-state index contributed by atoms with van der Waals surface area (Å²) in [4.78, 5) is 27.2. The zero-order valence-corrected chi connectivity index (χ0v) is 20.3. The van der Waals surface area contributed by atoms with Gasteiger partial charge in [0.05, 0.1) is 4.91 Å². The first-order valence-corrected chi connectivity index (χ1v) is 12.1. The fourth-order valence-electron chi connectivity index (χ4n) is 3.46. The van der Waals surface area contributed by atoms with Crippen LogP contribution in [-0.2, 0) is 16.0 Å². The number of nitrogens with one attached hydrogen (secondary N) is 1. The maximum atomic E-state index is 12.8. The molecule has 7 heteroatoms. The van der Waals surface area contributed by atoms with Gasteiger partial charge in [-0.05, 0) is 60.4 Å². The average molecular weight is 489 g/mol. The van der Waals surface area contributed by atoms with E-state index in [0.717, 1.165) is 23.2 Å². The zero-order valence-electron chi connectivity index (χ0n) is 18.7. The van der Waals surface area contributed by atoms with Crippen LogP contribution >= 0.6 is 24.0 Å². The van der Waals surface area contributed by atoms with Crippen molar-refractivity contribution in [3.05, 3.63) is 100 Å². The average Bonchev–Trinajstić information content (AvgIpc) is 3.10. The Morgan fingerprint density at radius 2 is 1.82 bits per heavy atom. The maximum Gasteiger partial charge on any atom is 0.266 e. The van der Waals surface area contributed by atoms with E-state index < -0.39 is 0 Å². The highest BCUT2D eigenvalue weighted by Crippen LogP contribution is 2.32. The molecular formula is C27H24N2O3S2. The molecular weight excluding hydrogens is 464 g/mol. The molecule has 172 valence electrons. The molecule has 0 radical (unpaired) electrons. The number of hydrogen-bond donors (Lipinski definition) is 1. The summed E-state index contributed by atoms with van der Waals surface area (Å²) in [6.07, 6.45) is 2.58. The van der Waals surface area contributed by atoms with Crippen molar-refractivity contribution in [3.63, 3.8) is 0 Å². The minimum Gasteiger partial charge on any atom is -0.484 e. The lowest BCUT2D eigenvalue weighted by molar-refractivity contribution is -0.122. The highest BCUT2D eigenvalue weighted by atomic mass is 32.2. The van der Waals surface area contributed by atoms with Crippen molar-refractivity contribution in [1.29, 1.82) is 0 Å². The van der Waals surface area contributed by atoms with Crippen LogP contribution in [0.3, 0.4) is 0 Å². The Kier molecular flexibility index (Phi) is 7.77. The van der Waals surface area contributed by atoms with Gasteiger partial charge in [0.15, 0.2) is 6.61 Å². The van der Waals surface area contributed by atoms with Gasteiger partial charge in [-0.25, -0.2) is 0 Å². The molecule has 1 fully saturated rings. The zero-order chi connectivity index (χ0) is 23.9. The van der Waals surface area contributed by atoms with Gasteiger partial charge in [-0.15, -0.1) is 0 Å². The van der Waals surface area contributed by atoms with Crippen LogP contribution in [0.5, 0.6) is 5.75 Å². The van der Waals surface area contributed by atoms with Crippen molar-refractivity contribution in [3.8, 4) is 5.75 Å². The molecule has 1 saturated heterocycles. The molecule has 0 aliphatic carbocycles. The van der Waals surface area contributed by atoms with Gasteiger partial charge in [-0.1, -0.05) is 78.6 Å². The van der Waals surface area contributed by atoms with Crippen molar-refractivity contribution < 1.29 is 14.3 Å². The topological polar surface area (TPSA) is 58.6 Å². The number of thioether (sulfide) groups is 1. The number of aryl methyl sites for hydroxylation is 1. The van der Waals surface area contributed by atoms with Crippen LogP contribution in [0.25, 0.3) is 6.08 Å². The third kappa shape index (κ3) is 6.34. The van der Waals surface area contributed by atoms with Gasteiger partial charge in [0, 0.05) is 12.2 Å². The van der Waals surface area contributed by atoms with Crippen LogP contribution < -0.4 is 10.1 Å². The van der Waals surface area contributed by atoms with E-state index in [9.17, 15) is 9.59 Å². The Labute approximate surface area is 208 Å². The van der Waals surface area contributed by atoms with Gasteiger partial charge < -0.3 is 10.1 Å². The van der Waals surface area contributed by atoms with Gasteiger partial charge in [0.1, 0.15) is 10.1 Å². The smallest absolute Gasteiger partial charge is 0.266 e. The molecule has 1 aliphatic rings. The standard InChI is InChI=1S/C27H24N2O3S2/c1-19-6-5-9-22(16-19)28-25(30)18-32-23-12-10-21(11-13-23)17-24-26(31)29(27(33)34-24)15-14-20-7-3-2-4-8-20/h2-13,16-17H,14-15,18H2,1H3,(H,28,30)/b24-17-. The Balaban J connectivity index is 1.31. The van der Waals surface area contributed by atoms with Gasteiger partial charge in [-0.3, -0.25) is 14.5 Å². The van der Waals surface area contributed by atoms with E-state index in [-0.39, 0.29) is 18.4 Å². The van der Waals surface area contributed by atoms with Crippen LogP contribution in [0.15, 0.2) is 83.8 Å². The largest absolute Gasteiger partial charge is 0.484 e. The van der Waals surface area contributed by atoms with E-state index in [1.54, 1.807) is 17.0 Å². The van der Waals surface area contributed by atoms with Crippen molar-refractivity contribution in [2.24, 2.45) is 0 Å². The molecule has 34 heavy (non-hydrogen) atoms. The molecule has 0 atom stereocenters. The highest BCUT2D eigenvalue weighted by molar-refractivity contribution is 8.26. The van der Waals surface area contributed by atoms with E-state index >= 15 is 0 Å². The molecule has 2 amide bonds.